The molecule has 7 nitrogen and oxygen atoms in total. The molecule has 0 aliphatic carbocycles. The largest absolute Gasteiger partial charge is 0.466 e. The van der Waals surface area contributed by atoms with Gasteiger partial charge in [-0.15, -0.1) is 0 Å². The van der Waals surface area contributed by atoms with E-state index in [0.29, 0.717) is 0 Å². The highest BCUT2D eigenvalue weighted by molar-refractivity contribution is 5.91. The minimum atomic E-state index is -1.30. The Morgan fingerprint density at radius 1 is 1.20 bits per heavy atom. The molecule has 0 aromatic rings. The lowest BCUT2D eigenvalue weighted by atomic mass is 9.87. The number of hydrogen-bond acceptors (Lipinski definition) is 6. The second kappa shape index (κ2) is 7.64. The zero-order chi connectivity index (χ0) is 15.9. The van der Waals surface area contributed by atoms with E-state index in [1.54, 1.807) is 13.8 Å². The molecule has 1 atom stereocenters. The Bertz CT molecular complexity index is 400. The Morgan fingerprint density at radius 3 is 2.15 bits per heavy atom. The first-order valence-corrected chi connectivity index (χ1v) is 5.94. The number of aliphatic hydroxyl groups excluding tert-OH is 1. The molecule has 0 unspecified atom stereocenters. The summed E-state index contributed by atoms with van der Waals surface area (Å²) in [5, 5.41) is 9.91. The van der Waals surface area contributed by atoms with Crippen LogP contribution in [0, 0.1) is 5.41 Å². The van der Waals surface area contributed by atoms with Gasteiger partial charge in [-0.3, -0.25) is 4.79 Å². The average Bonchev–Trinajstić information content (AvgIpc) is 2.40. The number of esters is 2. The fourth-order valence-electron chi connectivity index (χ4n) is 1.17. The summed E-state index contributed by atoms with van der Waals surface area (Å²) in [5.74, 6) is -1.91. The maximum Gasteiger partial charge on any atom is 0.331 e. The Balaban J connectivity index is 4.49. The van der Waals surface area contributed by atoms with Crippen LogP contribution in [0.15, 0.2) is 12.2 Å². The number of hydrogen-bond donors (Lipinski definition) is 1. The molecule has 0 aliphatic heterocycles. The molecule has 1 N–H and O–H groups in total. The SMILES string of the molecule is COC(=O)/C=C/C(=O)OCC(C)(C)[C@@H](O)C(=O)N(C)C. The van der Waals surface area contributed by atoms with Gasteiger partial charge in [0.05, 0.1) is 13.7 Å². The van der Waals surface area contributed by atoms with E-state index in [9.17, 15) is 19.5 Å². The summed E-state index contributed by atoms with van der Waals surface area (Å²) < 4.78 is 9.21. The van der Waals surface area contributed by atoms with Gasteiger partial charge in [-0.05, 0) is 0 Å². The Morgan fingerprint density at radius 2 is 1.70 bits per heavy atom. The number of aliphatic hydroxyl groups is 1. The smallest absolute Gasteiger partial charge is 0.331 e. The minimum absolute atomic E-state index is 0.169. The van der Waals surface area contributed by atoms with Crippen molar-refractivity contribution < 1.29 is 29.0 Å². The van der Waals surface area contributed by atoms with E-state index in [2.05, 4.69) is 4.74 Å². The molecule has 0 radical (unpaired) electrons. The molecule has 0 saturated heterocycles. The van der Waals surface area contributed by atoms with E-state index in [1.165, 1.54) is 26.1 Å². The lowest BCUT2D eigenvalue weighted by Crippen LogP contribution is -2.45. The lowest BCUT2D eigenvalue weighted by molar-refractivity contribution is -0.153. The van der Waals surface area contributed by atoms with Gasteiger partial charge >= 0.3 is 11.9 Å². The summed E-state index contributed by atoms with van der Waals surface area (Å²) >= 11 is 0. The van der Waals surface area contributed by atoms with Crippen molar-refractivity contribution in [3.63, 3.8) is 0 Å². The van der Waals surface area contributed by atoms with Crippen molar-refractivity contribution in [2.24, 2.45) is 5.41 Å². The Kier molecular flexibility index (Phi) is 6.92. The van der Waals surface area contributed by atoms with Gasteiger partial charge in [0.25, 0.3) is 5.91 Å². The molecular weight excluding hydrogens is 266 g/mol. The molecule has 20 heavy (non-hydrogen) atoms. The van der Waals surface area contributed by atoms with E-state index in [-0.39, 0.29) is 6.61 Å². The van der Waals surface area contributed by atoms with Crippen LogP contribution in [-0.2, 0) is 23.9 Å². The number of ether oxygens (including phenoxy) is 2. The van der Waals surface area contributed by atoms with Gasteiger partial charge in [0.15, 0.2) is 0 Å². The molecular formula is C13H21NO6. The molecule has 114 valence electrons. The van der Waals surface area contributed by atoms with Gasteiger partial charge in [-0.1, -0.05) is 13.8 Å². The van der Waals surface area contributed by atoms with Crippen LogP contribution in [0.1, 0.15) is 13.8 Å². The average molecular weight is 287 g/mol. The topological polar surface area (TPSA) is 93.1 Å². The summed E-state index contributed by atoms with van der Waals surface area (Å²) in [6, 6.07) is 0. The summed E-state index contributed by atoms with van der Waals surface area (Å²) in [6.07, 6.45) is 0.550. The molecule has 0 saturated carbocycles. The molecule has 0 fully saturated rings. The summed E-state index contributed by atoms with van der Waals surface area (Å²) in [4.78, 5) is 35.0. The summed E-state index contributed by atoms with van der Waals surface area (Å²) in [5.41, 5.74) is -0.948. The first-order valence-electron chi connectivity index (χ1n) is 5.94. The highest BCUT2D eigenvalue weighted by Gasteiger charge is 2.35. The predicted octanol–water partition coefficient (Wildman–Crippen LogP) is -0.266. The first kappa shape index (κ1) is 18.1. The number of methoxy groups -OCH3 is 1. The van der Waals surface area contributed by atoms with Crippen molar-refractivity contribution in [3.05, 3.63) is 12.2 Å². The van der Waals surface area contributed by atoms with E-state index in [0.717, 1.165) is 12.2 Å². The third-order valence-electron chi connectivity index (χ3n) is 2.56. The lowest BCUT2D eigenvalue weighted by Gasteiger charge is -2.30. The maximum atomic E-state index is 11.6. The van der Waals surface area contributed by atoms with Crippen LogP contribution in [0.25, 0.3) is 0 Å². The van der Waals surface area contributed by atoms with Gasteiger partial charge in [-0.25, -0.2) is 9.59 Å². The van der Waals surface area contributed by atoms with Crippen molar-refractivity contribution in [3.8, 4) is 0 Å². The van der Waals surface area contributed by atoms with Crippen LogP contribution in [0.4, 0.5) is 0 Å². The van der Waals surface area contributed by atoms with Crippen molar-refractivity contribution in [2.45, 2.75) is 20.0 Å². The van der Waals surface area contributed by atoms with Gasteiger partial charge < -0.3 is 19.5 Å². The normalized spacial score (nSPS) is 12.9. The third-order valence-corrected chi connectivity index (χ3v) is 2.56. The number of likely N-dealkylation sites (N-methyl/N-ethyl adjacent to an activating group) is 1. The van der Waals surface area contributed by atoms with Crippen LogP contribution in [0.2, 0.25) is 0 Å². The second-order valence-corrected chi connectivity index (χ2v) is 5.09. The number of amides is 1. The molecule has 0 rings (SSSR count). The zero-order valence-corrected chi connectivity index (χ0v) is 12.4. The van der Waals surface area contributed by atoms with Crippen molar-refractivity contribution >= 4 is 17.8 Å². The van der Waals surface area contributed by atoms with E-state index in [1.807, 2.05) is 0 Å². The van der Waals surface area contributed by atoms with Crippen LogP contribution < -0.4 is 0 Å². The molecule has 1 amide bonds. The predicted molar refractivity (Wildman–Crippen MR) is 70.6 cm³/mol. The number of rotatable bonds is 6. The molecule has 0 aliphatic rings. The molecule has 0 aromatic heterocycles. The van der Waals surface area contributed by atoms with Crippen LogP contribution in [0.3, 0.4) is 0 Å². The quantitative estimate of drug-likeness (QED) is 0.534. The standard InChI is InChI=1S/C13H21NO6/c1-13(2,11(17)12(18)14(3)4)8-20-10(16)7-6-9(15)19-5/h6-7,11,17H,8H2,1-5H3/b7-6+/t11-/m0/s1. The zero-order valence-electron chi connectivity index (χ0n) is 12.4. The third kappa shape index (κ3) is 5.83. The van der Waals surface area contributed by atoms with E-state index in [4.69, 9.17) is 4.74 Å². The fraction of sp³-hybridized carbons (Fsp3) is 0.615. The van der Waals surface area contributed by atoms with Crippen LogP contribution in [0.5, 0.6) is 0 Å². The van der Waals surface area contributed by atoms with Gasteiger partial charge in [0.1, 0.15) is 6.10 Å². The van der Waals surface area contributed by atoms with Crippen molar-refractivity contribution in [1.29, 1.82) is 0 Å². The van der Waals surface area contributed by atoms with Gasteiger partial charge in [0, 0.05) is 31.7 Å². The van der Waals surface area contributed by atoms with Gasteiger partial charge in [-0.2, -0.15) is 0 Å². The van der Waals surface area contributed by atoms with Crippen molar-refractivity contribution in [2.75, 3.05) is 27.8 Å². The molecule has 0 bridgehead atoms. The van der Waals surface area contributed by atoms with Crippen molar-refractivity contribution in [1.82, 2.24) is 4.90 Å². The fourth-order valence-corrected chi connectivity index (χ4v) is 1.17. The van der Waals surface area contributed by atoms with E-state index >= 15 is 0 Å². The second-order valence-electron chi connectivity index (χ2n) is 5.09. The first-order chi connectivity index (χ1) is 9.11. The number of carbonyl (C=O) groups is 3. The van der Waals surface area contributed by atoms with Crippen LogP contribution >= 0.6 is 0 Å². The maximum absolute atomic E-state index is 11.6. The Labute approximate surface area is 118 Å². The molecule has 0 heterocycles. The monoisotopic (exact) mass is 287 g/mol. The number of carbonyl (C=O) groups excluding carboxylic acids is 3. The molecule has 0 spiro atoms. The van der Waals surface area contributed by atoms with E-state index < -0.39 is 29.4 Å². The van der Waals surface area contributed by atoms with Gasteiger partial charge in [0.2, 0.25) is 0 Å². The number of nitrogens with zero attached hydrogens (tertiary/aromatic N) is 1. The Hall–Kier alpha value is -1.89. The summed E-state index contributed by atoms with van der Waals surface area (Å²) in [6.45, 7) is 3.02. The summed E-state index contributed by atoms with van der Waals surface area (Å²) in [7, 11) is 4.23. The highest BCUT2D eigenvalue weighted by Crippen LogP contribution is 2.22. The van der Waals surface area contributed by atoms with Crippen LogP contribution in [-0.4, -0.2) is 61.8 Å². The highest BCUT2D eigenvalue weighted by atomic mass is 16.5. The molecule has 7 heteroatoms. The molecule has 0 aromatic carbocycles. The minimum Gasteiger partial charge on any atom is -0.466 e.